The maximum atomic E-state index is 9.86. The van der Waals surface area contributed by atoms with Crippen LogP contribution in [0.3, 0.4) is 0 Å². The Hall–Kier alpha value is -1.66. The zero-order valence-electron chi connectivity index (χ0n) is 4.98. The SMILES string of the molecule is NC(N)=O.O=C1CON=N1. The highest BCUT2D eigenvalue weighted by atomic mass is 16.7. The standard InChI is InChI=1S/C2H2N2O2.CH4N2O/c5-2-1-6-4-3-2;2-1(3)4/h1H2;(H4,2,3,4). The molecule has 0 unspecified atom stereocenters. The van der Waals surface area contributed by atoms with Crippen LogP contribution in [-0.2, 0) is 9.63 Å². The number of primary amides is 2. The maximum absolute atomic E-state index is 9.86. The summed E-state index contributed by atoms with van der Waals surface area (Å²) in [7, 11) is 0. The molecule has 0 aromatic carbocycles. The summed E-state index contributed by atoms with van der Waals surface area (Å²) >= 11 is 0. The molecule has 1 rings (SSSR count). The maximum Gasteiger partial charge on any atom is 0.309 e. The van der Waals surface area contributed by atoms with E-state index in [4.69, 9.17) is 4.79 Å². The van der Waals surface area contributed by atoms with Crippen LogP contribution in [0.2, 0.25) is 0 Å². The van der Waals surface area contributed by atoms with Gasteiger partial charge in [-0.1, -0.05) is 5.11 Å². The van der Waals surface area contributed by atoms with Crippen LogP contribution < -0.4 is 11.5 Å². The fourth-order valence-corrected chi connectivity index (χ4v) is 0.187. The fourth-order valence-electron chi connectivity index (χ4n) is 0.187. The number of urea groups is 1. The van der Waals surface area contributed by atoms with E-state index in [9.17, 15) is 4.79 Å². The smallest absolute Gasteiger partial charge is 0.309 e. The van der Waals surface area contributed by atoms with Gasteiger partial charge in [0.05, 0.1) is 0 Å². The molecule has 0 fully saturated rings. The minimum Gasteiger partial charge on any atom is -0.369 e. The van der Waals surface area contributed by atoms with Crippen molar-refractivity contribution in [2.45, 2.75) is 0 Å². The number of hydrogen-bond donors (Lipinski definition) is 2. The van der Waals surface area contributed by atoms with Crippen LogP contribution in [0.25, 0.3) is 0 Å². The van der Waals surface area contributed by atoms with Crippen LogP contribution in [0.5, 0.6) is 0 Å². The van der Waals surface area contributed by atoms with Crippen molar-refractivity contribution in [3.8, 4) is 0 Å². The molecule has 0 radical (unpaired) electrons. The molecule has 3 amide bonds. The lowest BCUT2D eigenvalue weighted by molar-refractivity contribution is -0.118. The summed E-state index contributed by atoms with van der Waals surface area (Å²) in [6.45, 7) is 0.0139. The summed E-state index contributed by atoms with van der Waals surface area (Å²) in [6, 6.07) is -0.833. The molecule has 0 saturated carbocycles. The van der Waals surface area contributed by atoms with Gasteiger partial charge in [0.15, 0.2) is 0 Å². The summed E-state index contributed by atoms with van der Waals surface area (Å²) < 4.78 is 0. The first-order valence-corrected chi connectivity index (χ1v) is 2.23. The Morgan fingerprint density at radius 2 is 2.10 bits per heavy atom. The van der Waals surface area contributed by atoms with Gasteiger partial charge in [-0.2, -0.15) is 0 Å². The Balaban J connectivity index is 0.000000180. The molecule has 7 heteroatoms. The number of amides is 3. The Morgan fingerprint density at radius 3 is 2.20 bits per heavy atom. The highest BCUT2D eigenvalue weighted by Gasteiger charge is 2.03. The lowest BCUT2D eigenvalue weighted by atomic mass is 10.7. The van der Waals surface area contributed by atoms with Gasteiger partial charge in [-0.3, -0.25) is 4.79 Å². The minimum absolute atomic E-state index is 0.0139. The first-order valence-electron chi connectivity index (χ1n) is 2.23. The van der Waals surface area contributed by atoms with Crippen molar-refractivity contribution >= 4 is 11.9 Å². The molecular weight excluding hydrogens is 140 g/mol. The van der Waals surface area contributed by atoms with Crippen LogP contribution >= 0.6 is 0 Å². The lowest BCUT2D eigenvalue weighted by Crippen LogP contribution is -2.18. The van der Waals surface area contributed by atoms with E-state index in [2.05, 4.69) is 26.7 Å². The van der Waals surface area contributed by atoms with Gasteiger partial charge in [0.2, 0.25) is 6.61 Å². The van der Waals surface area contributed by atoms with Crippen molar-refractivity contribution in [3.05, 3.63) is 0 Å². The Bertz CT molecular complexity index is 161. The Kier molecular flexibility index (Phi) is 3.54. The molecule has 56 valence electrons. The van der Waals surface area contributed by atoms with Gasteiger partial charge in [0, 0.05) is 5.28 Å². The van der Waals surface area contributed by atoms with Crippen LogP contribution in [0, 0.1) is 0 Å². The van der Waals surface area contributed by atoms with Crippen LogP contribution in [0.4, 0.5) is 4.79 Å². The van der Waals surface area contributed by atoms with E-state index < -0.39 is 6.03 Å². The summed E-state index contributed by atoms with van der Waals surface area (Å²) in [5, 5.41) is 5.94. The second kappa shape index (κ2) is 4.24. The Labute approximate surface area is 56.0 Å². The van der Waals surface area contributed by atoms with Crippen LogP contribution in [-0.4, -0.2) is 18.5 Å². The normalized spacial score (nSPS) is 13.4. The summed E-state index contributed by atoms with van der Waals surface area (Å²) in [5.74, 6) is -0.310. The number of rotatable bonds is 0. The van der Waals surface area contributed by atoms with Crippen molar-refractivity contribution in [1.29, 1.82) is 0 Å². The number of hydrogen-bond acceptors (Lipinski definition) is 4. The molecular formula is C3H6N4O3. The van der Waals surface area contributed by atoms with Crippen molar-refractivity contribution in [3.63, 3.8) is 0 Å². The monoisotopic (exact) mass is 146 g/mol. The molecule has 0 saturated heterocycles. The molecule has 4 N–H and O–H groups in total. The highest BCUT2D eigenvalue weighted by molar-refractivity contribution is 5.78. The molecule has 10 heavy (non-hydrogen) atoms. The van der Waals surface area contributed by atoms with Crippen molar-refractivity contribution < 1.29 is 14.4 Å². The summed E-state index contributed by atoms with van der Waals surface area (Å²) in [4.78, 5) is 23.0. The molecule has 1 heterocycles. The summed E-state index contributed by atoms with van der Waals surface area (Å²) in [6.07, 6.45) is 0. The average Bonchev–Trinajstić information content (AvgIpc) is 2.15. The zero-order chi connectivity index (χ0) is 7.98. The molecule has 7 nitrogen and oxygen atoms in total. The van der Waals surface area contributed by atoms with E-state index in [0.717, 1.165) is 0 Å². The number of carbonyl (C=O) groups is 2. The molecule has 0 aromatic rings. The number of nitrogens with two attached hydrogens (primary N) is 2. The first kappa shape index (κ1) is 8.34. The van der Waals surface area contributed by atoms with E-state index in [1.807, 2.05) is 0 Å². The molecule has 0 aliphatic carbocycles. The third-order valence-electron chi connectivity index (χ3n) is 0.398. The van der Waals surface area contributed by atoms with Gasteiger partial charge in [-0.05, 0) is 0 Å². The van der Waals surface area contributed by atoms with Crippen LogP contribution in [0.1, 0.15) is 0 Å². The highest BCUT2D eigenvalue weighted by Crippen LogP contribution is 1.90. The van der Waals surface area contributed by atoms with Crippen molar-refractivity contribution in [2.75, 3.05) is 6.61 Å². The lowest BCUT2D eigenvalue weighted by Gasteiger charge is -1.71. The molecule has 1 aliphatic heterocycles. The van der Waals surface area contributed by atoms with Gasteiger partial charge in [-0.25, -0.2) is 4.79 Å². The quantitative estimate of drug-likeness (QED) is 0.452. The summed E-state index contributed by atoms with van der Waals surface area (Å²) in [5.41, 5.74) is 8.50. The van der Waals surface area contributed by atoms with E-state index in [1.54, 1.807) is 0 Å². The Morgan fingerprint density at radius 1 is 1.60 bits per heavy atom. The van der Waals surface area contributed by atoms with Crippen molar-refractivity contribution in [1.82, 2.24) is 0 Å². The predicted molar refractivity (Wildman–Crippen MR) is 29.6 cm³/mol. The fraction of sp³-hybridized carbons (Fsp3) is 0.333. The van der Waals surface area contributed by atoms with Crippen LogP contribution in [0.15, 0.2) is 10.4 Å². The van der Waals surface area contributed by atoms with Gasteiger partial charge in [0.1, 0.15) is 0 Å². The van der Waals surface area contributed by atoms with Gasteiger partial charge in [-0.15, -0.1) is 0 Å². The van der Waals surface area contributed by atoms with E-state index >= 15 is 0 Å². The average molecular weight is 146 g/mol. The molecule has 1 aliphatic rings. The topological polar surface area (TPSA) is 120 Å². The predicted octanol–water partition coefficient (Wildman–Crippen LogP) is -1.07. The largest absolute Gasteiger partial charge is 0.369 e. The van der Waals surface area contributed by atoms with E-state index in [1.165, 1.54) is 0 Å². The van der Waals surface area contributed by atoms with Crippen molar-refractivity contribution in [2.24, 2.45) is 21.9 Å². The second-order valence-electron chi connectivity index (χ2n) is 1.25. The zero-order valence-corrected chi connectivity index (χ0v) is 4.98. The number of nitrogens with zero attached hydrogens (tertiary/aromatic N) is 2. The van der Waals surface area contributed by atoms with E-state index in [0.29, 0.717) is 0 Å². The second-order valence-corrected chi connectivity index (χ2v) is 1.25. The number of carbonyl (C=O) groups excluding carboxylic acids is 2. The molecule has 0 atom stereocenters. The third kappa shape index (κ3) is 6.34. The first-order chi connectivity index (χ1) is 4.63. The van der Waals surface area contributed by atoms with Gasteiger partial charge in [0.25, 0.3) is 0 Å². The third-order valence-corrected chi connectivity index (χ3v) is 0.398. The molecule has 0 aromatic heterocycles. The molecule has 0 bridgehead atoms. The van der Waals surface area contributed by atoms with E-state index in [-0.39, 0.29) is 12.5 Å². The minimum atomic E-state index is -0.833. The van der Waals surface area contributed by atoms with Gasteiger partial charge >= 0.3 is 11.9 Å². The molecule has 0 spiro atoms. The van der Waals surface area contributed by atoms with Gasteiger partial charge < -0.3 is 16.3 Å².